The van der Waals surface area contributed by atoms with Crippen LogP contribution in [0.4, 0.5) is 0 Å². The summed E-state index contributed by atoms with van der Waals surface area (Å²) in [5, 5.41) is 19.8. The number of nitrogens with zero attached hydrogens (tertiary/aromatic N) is 2. The van der Waals surface area contributed by atoms with E-state index in [1.165, 1.54) is 325 Å². The van der Waals surface area contributed by atoms with E-state index >= 15 is 4.79 Å². The molecule has 0 fully saturated rings. The van der Waals surface area contributed by atoms with E-state index in [0.29, 0.717) is 18.4 Å². The topological polar surface area (TPSA) is 26.9 Å². The molecule has 2 aromatic heterocycles. The average Bonchev–Trinajstić information content (AvgIpc) is 0.667. The number of aryl methyl sites for hydroxylation is 2. The highest BCUT2D eigenvalue weighted by molar-refractivity contribution is 7.72. The maximum atomic E-state index is 15.8. The molecule has 9 aromatic rings. The summed E-state index contributed by atoms with van der Waals surface area (Å²) in [5.74, 6) is 0.984. The summed E-state index contributed by atoms with van der Waals surface area (Å²) in [6.45, 7) is 15.5. The molecule has 6 heteroatoms. The first-order valence-corrected chi connectivity index (χ1v) is 37.9. The van der Waals surface area contributed by atoms with Crippen LogP contribution in [0, 0.1) is 25.8 Å². The summed E-state index contributed by atoms with van der Waals surface area (Å²) in [6, 6.07) is 15.0. The molecule has 0 aliphatic heterocycles. The summed E-state index contributed by atoms with van der Waals surface area (Å²) < 4.78 is 7.16. The van der Waals surface area contributed by atoms with E-state index in [0.717, 1.165) is 62.3 Å². The molecule has 0 N–H and O–H groups in total. The Morgan fingerprint density at radius 3 is 0.953 bits per heavy atom. The van der Waals surface area contributed by atoms with Gasteiger partial charge in [0.15, 0.2) is 0 Å². The SMILES string of the molecule is CCCCCCCCCCC(CCCCCCCC)Cn1c(=O)c2cc3cc(CCCCCC)c4cc5c(=S)n(CC(CCCCCCCC)CCCCCCCCCC)c(=S)c6cc7cc(CCCCCC)c8cc(c1=S)c2c1c3c4c(c65)c7c81. The summed E-state index contributed by atoms with van der Waals surface area (Å²) in [7, 11) is 0. The summed E-state index contributed by atoms with van der Waals surface area (Å²) >= 11 is 20.6. The van der Waals surface area contributed by atoms with Gasteiger partial charge < -0.3 is 4.57 Å². The lowest BCUT2D eigenvalue weighted by molar-refractivity contribution is 0.352. The van der Waals surface area contributed by atoms with Gasteiger partial charge in [-0.3, -0.25) is 9.36 Å². The lowest BCUT2D eigenvalue weighted by Crippen LogP contribution is -2.25. The molecule has 0 aliphatic rings. The first kappa shape index (κ1) is 66.8. The standard InChI is InChI=1S/C80H114N2OS3/c1-7-13-19-25-29-31-35-39-44-57(43-37-33-27-21-15-9-3)55-81-77(83)65-51-61-49-59(47-41-23-17-11-5)64-54-68-72-66(79(85)82(80(68)86)56-58(45-38-34-28-22-16-10-4)46-40-36-32-30-26-20-14-8-2)52-62-50-60(48-42-24-18-12-6)63-53-67(78(81)84)71(65)75-69(61)74(64)76(72)70(62)73(63)75/h49-54,57-58H,7-48,55-56H2,1-6H3. The second kappa shape index (κ2) is 34.0. The van der Waals surface area contributed by atoms with Crippen molar-refractivity contribution in [3.05, 3.63) is 71.8 Å². The Labute approximate surface area is 536 Å². The minimum atomic E-state index is 0.119. The fourth-order valence-electron chi connectivity index (χ4n) is 16.0. The summed E-state index contributed by atoms with van der Waals surface area (Å²) in [6.07, 6.45) is 53.5. The first-order chi connectivity index (χ1) is 42.2. The molecule has 0 spiro atoms. The lowest BCUT2D eigenvalue weighted by atomic mass is 9.77. The normalized spacial score (nSPS) is 13.3. The van der Waals surface area contributed by atoms with E-state index in [4.69, 9.17) is 36.7 Å². The number of pyridine rings is 2. The van der Waals surface area contributed by atoms with Gasteiger partial charge in [-0.15, -0.1) is 0 Å². The Balaban J connectivity index is 1.22. The van der Waals surface area contributed by atoms with Crippen molar-refractivity contribution < 1.29 is 0 Å². The fraction of sp³-hybridized carbons (Fsp3) is 0.650. The van der Waals surface area contributed by atoms with Crippen LogP contribution in [-0.4, -0.2) is 9.13 Å². The Hall–Kier alpha value is -3.58. The average molecular weight is 1220 g/mol. The fourth-order valence-corrected chi connectivity index (χ4v) is 17.1. The van der Waals surface area contributed by atoms with Gasteiger partial charge in [-0.1, -0.05) is 309 Å². The van der Waals surface area contributed by atoms with E-state index < -0.39 is 0 Å². The van der Waals surface area contributed by atoms with Crippen LogP contribution in [0.5, 0.6) is 0 Å². The lowest BCUT2D eigenvalue weighted by Gasteiger charge is -2.27. The van der Waals surface area contributed by atoms with Crippen LogP contribution in [0.3, 0.4) is 0 Å². The number of unbranched alkanes of at least 4 members (excludes halogenated alkanes) is 30. The van der Waals surface area contributed by atoms with Gasteiger partial charge in [0, 0.05) is 56.2 Å². The molecule has 7 aromatic carbocycles. The predicted molar refractivity (Wildman–Crippen MR) is 390 cm³/mol. The molecule has 86 heavy (non-hydrogen) atoms. The van der Waals surface area contributed by atoms with Gasteiger partial charge in [-0.05, 0) is 142 Å². The highest BCUT2D eigenvalue weighted by atomic mass is 32.1. The zero-order valence-electron chi connectivity index (χ0n) is 55.3. The number of hydrogen-bond acceptors (Lipinski definition) is 4. The van der Waals surface area contributed by atoms with Crippen LogP contribution in [0.1, 0.15) is 310 Å². The monoisotopic (exact) mass is 1210 g/mol. The second-order valence-electron chi connectivity index (χ2n) is 27.7. The van der Waals surface area contributed by atoms with E-state index in [2.05, 4.69) is 87.1 Å². The van der Waals surface area contributed by atoms with Crippen LogP contribution in [0.25, 0.3) is 86.2 Å². The maximum absolute atomic E-state index is 15.8. The van der Waals surface area contributed by atoms with Crippen LogP contribution in [-0.2, 0) is 25.9 Å². The summed E-state index contributed by atoms with van der Waals surface area (Å²) in [5.41, 5.74) is 2.93. The third-order valence-corrected chi connectivity index (χ3v) is 22.3. The Morgan fingerprint density at radius 2 is 0.581 bits per heavy atom. The Morgan fingerprint density at radius 1 is 0.291 bits per heavy atom. The van der Waals surface area contributed by atoms with Crippen molar-refractivity contribution in [2.45, 2.75) is 324 Å². The first-order valence-electron chi connectivity index (χ1n) is 36.7. The quantitative estimate of drug-likeness (QED) is 0.0164. The van der Waals surface area contributed by atoms with Crippen molar-refractivity contribution in [3.63, 3.8) is 0 Å². The van der Waals surface area contributed by atoms with Crippen LogP contribution < -0.4 is 5.56 Å². The number of hydrogen-bond donors (Lipinski definition) is 0. The van der Waals surface area contributed by atoms with Gasteiger partial charge in [0.2, 0.25) is 0 Å². The van der Waals surface area contributed by atoms with Crippen molar-refractivity contribution in [3.8, 4) is 0 Å². The molecule has 0 amide bonds. The van der Waals surface area contributed by atoms with Crippen LogP contribution in [0.2, 0.25) is 0 Å². The minimum absolute atomic E-state index is 0.119. The summed E-state index contributed by atoms with van der Waals surface area (Å²) in [4.78, 5) is 15.8. The molecule has 0 bridgehead atoms. The van der Waals surface area contributed by atoms with Crippen molar-refractivity contribution in [1.29, 1.82) is 0 Å². The van der Waals surface area contributed by atoms with Crippen molar-refractivity contribution >= 4 is 123 Å². The van der Waals surface area contributed by atoms with E-state index in [1.807, 2.05) is 0 Å². The van der Waals surface area contributed by atoms with Crippen LogP contribution in [0.15, 0.2) is 41.2 Å². The highest BCUT2D eigenvalue weighted by Gasteiger charge is 2.30. The zero-order chi connectivity index (χ0) is 60.4. The molecule has 2 unspecified atom stereocenters. The molecule has 468 valence electrons. The molecule has 0 saturated carbocycles. The van der Waals surface area contributed by atoms with Crippen molar-refractivity contribution in [2.75, 3.05) is 0 Å². The van der Waals surface area contributed by atoms with E-state index in [-0.39, 0.29) is 5.56 Å². The van der Waals surface area contributed by atoms with Crippen LogP contribution >= 0.6 is 36.7 Å². The molecule has 0 saturated heterocycles. The largest absolute Gasteiger partial charge is 0.322 e. The molecule has 2 heterocycles. The zero-order valence-corrected chi connectivity index (χ0v) is 57.7. The third kappa shape index (κ3) is 15.6. The molecular formula is C80H114N2OS3. The molecule has 3 nitrogen and oxygen atoms in total. The Bertz CT molecular complexity index is 3470. The predicted octanol–water partition coefficient (Wildman–Crippen LogP) is 27.3. The van der Waals surface area contributed by atoms with Gasteiger partial charge in [0.05, 0.1) is 0 Å². The smallest absolute Gasteiger partial charge is 0.259 e. The van der Waals surface area contributed by atoms with E-state index in [1.54, 1.807) is 0 Å². The number of aromatic nitrogens is 2. The molecular weight excluding hydrogens is 1100 g/mol. The van der Waals surface area contributed by atoms with Gasteiger partial charge in [0.25, 0.3) is 5.56 Å². The van der Waals surface area contributed by atoms with Crippen molar-refractivity contribution in [1.82, 2.24) is 9.13 Å². The Kier molecular flexibility index (Phi) is 26.4. The van der Waals surface area contributed by atoms with Gasteiger partial charge in [0.1, 0.15) is 13.9 Å². The molecule has 2 atom stereocenters. The van der Waals surface area contributed by atoms with Gasteiger partial charge in [-0.2, -0.15) is 0 Å². The third-order valence-electron chi connectivity index (χ3n) is 21.0. The number of rotatable bonds is 46. The second-order valence-corrected chi connectivity index (χ2v) is 28.9. The van der Waals surface area contributed by atoms with Crippen molar-refractivity contribution in [2.24, 2.45) is 11.8 Å². The molecule has 0 radical (unpaired) electrons. The van der Waals surface area contributed by atoms with Gasteiger partial charge in [-0.25, -0.2) is 0 Å². The maximum Gasteiger partial charge on any atom is 0.259 e. The van der Waals surface area contributed by atoms with Gasteiger partial charge >= 0.3 is 0 Å². The number of benzene rings is 7. The van der Waals surface area contributed by atoms with E-state index in [9.17, 15) is 0 Å². The molecule has 0 aliphatic carbocycles. The minimum Gasteiger partial charge on any atom is -0.322 e. The molecule has 9 rings (SSSR count). The highest BCUT2D eigenvalue weighted by Crippen LogP contribution is 2.54.